The summed E-state index contributed by atoms with van der Waals surface area (Å²) in [7, 11) is 4.18. The van der Waals surface area contributed by atoms with Gasteiger partial charge in [-0.25, -0.2) is 9.59 Å². The quantitative estimate of drug-likeness (QED) is 0.193. The molecule has 0 saturated carbocycles. The molecule has 1 atom stereocenters. The van der Waals surface area contributed by atoms with E-state index >= 15 is 0 Å². The van der Waals surface area contributed by atoms with Gasteiger partial charge in [-0.15, -0.1) is 9.24 Å². The smallest absolute Gasteiger partial charge is 0.344 e. The van der Waals surface area contributed by atoms with Gasteiger partial charge in [-0.3, -0.25) is 5.43 Å². The normalized spacial score (nSPS) is 14.7. The van der Waals surface area contributed by atoms with E-state index in [0.29, 0.717) is 11.3 Å². The summed E-state index contributed by atoms with van der Waals surface area (Å²) in [4.78, 5) is 44.3. The van der Waals surface area contributed by atoms with Crippen LogP contribution in [-0.2, 0) is 35.7 Å². The average molecular weight is 571 g/mol. The fourth-order valence-electron chi connectivity index (χ4n) is 5.32. The number of aromatic amines is 1. The zero-order chi connectivity index (χ0) is 29.7. The Bertz CT molecular complexity index is 1310. The molecule has 1 aromatic heterocycles. The summed E-state index contributed by atoms with van der Waals surface area (Å²) >= 11 is 0. The first-order valence-corrected chi connectivity index (χ1v) is 14.9. The van der Waals surface area contributed by atoms with Crippen LogP contribution < -0.4 is 10.3 Å². The molecule has 218 valence electrons. The molecule has 2 N–H and O–H groups in total. The molecule has 2 bridgehead atoms. The molecular weight excluding hydrogens is 527 g/mol. The second-order valence-corrected chi connectivity index (χ2v) is 10.7. The molecule has 1 unspecified atom stereocenters. The van der Waals surface area contributed by atoms with Gasteiger partial charge in [0.25, 0.3) is 0 Å². The summed E-state index contributed by atoms with van der Waals surface area (Å²) in [6.45, 7) is 11.3. The standard InChI is InChI=1S/C28H37N4O5P.C2H6/c1-6-36-25(34)28(16-38,26(35)37-7-2)32(5)23-12-19-18-10-8-9-17-11-22(31-29-14-17)24(18)30-21(19)13-20(23)27(3,4)15-33;1-2/h12-15,29-30H,6-11,16,38H2,1-5H3;1-2H3. The number of allylic oxidation sites excluding steroid dienone is 1. The summed E-state index contributed by atoms with van der Waals surface area (Å²) in [5, 5.41) is 5.51. The molecule has 0 fully saturated rings. The van der Waals surface area contributed by atoms with Gasteiger partial charge in [0.15, 0.2) is 0 Å². The molecule has 10 heteroatoms. The van der Waals surface area contributed by atoms with Crippen LogP contribution in [0, 0.1) is 0 Å². The second kappa shape index (κ2) is 13.0. The Labute approximate surface area is 239 Å². The fraction of sp³-hybridized carbons (Fsp3) is 0.533. The van der Waals surface area contributed by atoms with E-state index in [1.807, 2.05) is 46.0 Å². The molecule has 0 amide bonds. The van der Waals surface area contributed by atoms with Crippen LogP contribution in [-0.4, -0.2) is 60.9 Å². The van der Waals surface area contributed by atoms with E-state index in [9.17, 15) is 14.4 Å². The van der Waals surface area contributed by atoms with Crippen molar-refractivity contribution in [3.05, 3.63) is 40.7 Å². The number of H-pyrrole nitrogens is 1. The third kappa shape index (κ3) is 5.53. The number of esters is 2. The Kier molecular flexibility index (Phi) is 10.2. The van der Waals surface area contributed by atoms with E-state index in [4.69, 9.17) is 9.47 Å². The first-order valence-electron chi connectivity index (χ1n) is 14.1. The number of ether oxygens (including phenoxy) is 2. The zero-order valence-electron chi connectivity index (χ0n) is 24.8. The molecule has 1 aromatic carbocycles. The molecule has 9 nitrogen and oxygen atoms in total. The topological polar surface area (TPSA) is 113 Å². The average Bonchev–Trinajstić information content (AvgIpc) is 3.31. The highest BCUT2D eigenvalue weighted by Crippen LogP contribution is 2.41. The molecule has 40 heavy (non-hydrogen) atoms. The summed E-state index contributed by atoms with van der Waals surface area (Å²) in [6.07, 6.45) is 6.47. The molecule has 1 aliphatic carbocycles. The zero-order valence-corrected chi connectivity index (χ0v) is 25.9. The highest BCUT2D eigenvalue weighted by Gasteiger charge is 2.52. The monoisotopic (exact) mass is 570 g/mol. The van der Waals surface area contributed by atoms with Crippen LogP contribution in [0.25, 0.3) is 10.9 Å². The van der Waals surface area contributed by atoms with Crippen LogP contribution in [0.15, 0.2) is 29.0 Å². The Morgan fingerprint density at radius 2 is 1.77 bits per heavy atom. The Balaban J connectivity index is 0.00000216. The van der Waals surface area contributed by atoms with Crippen LogP contribution >= 0.6 is 9.24 Å². The highest BCUT2D eigenvalue weighted by atomic mass is 31.0. The predicted molar refractivity (Wildman–Crippen MR) is 163 cm³/mol. The van der Waals surface area contributed by atoms with Crippen molar-refractivity contribution in [1.82, 2.24) is 10.4 Å². The van der Waals surface area contributed by atoms with Gasteiger partial charge in [-0.05, 0) is 75.8 Å². The van der Waals surface area contributed by atoms with Gasteiger partial charge in [0, 0.05) is 47.8 Å². The number of fused-ring (bicyclic) bond motifs is 6. The van der Waals surface area contributed by atoms with Crippen LogP contribution in [0.3, 0.4) is 0 Å². The number of hydrazone groups is 1. The number of likely N-dealkylation sites (N-methyl/N-ethyl adjacent to an activating group) is 1. The second-order valence-electron chi connectivity index (χ2n) is 10.3. The SMILES string of the molecule is CC.CCOC(=O)C(CP)(C(=O)OCC)N(C)c1cc2c3c([nH]c2cc1C(C)(C)C=O)C1=NNC=C(CCC3)C1. The largest absolute Gasteiger partial charge is 0.464 e. The van der Waals surface area contributed by atoms with Crippen LogP contribution in [0.4, 0.5) is 5.69 Å². The van der Waals surface area contributed by atoms with Gasteiger partial charge in [-0.1, -0.05) is 13.8 Å². The van der Waals surface area contributed by atoms with Gasteiger partial charge in [0.05, 0.1) is 24.6 Å². The van der Waals surface area contributed by atoms with Crippen molar-refractivity contribution in [2.24, 2.45) is 5.10 Å². The summed E-state index contributed by atoms with van der Waals surface area (Å²) in [6, 6.07) is 3.94. The van der Waals surface area contributed by atoms with E-state index < -0.39 is 22.9 Å². The summed E-state index contributed by atoms with van der Waals surface area (Å²) in [5.41, 5.74) is 6.89. The van der Waals surface area contributed by atoms with Crippen molar-refractivity contribution in [3.63, 3.8) is 0 Å². The van der Waals surface area contributed by atoms with Crippen molar-refractivity contribution in [2.75, 3.05) is 31.3 Å². The molecule has 0 spiro atoms. The van der Waals surface area contributed by atoms with Gasteiger partial charge < -0.3 is 24.2 Å². The van der Waals surface area contributed by atoms with E-state index in [1.165, 1.54) is 5.57 Å². The minimum Gasteiger partial charge on any atom is -0.464 e. The molecular formula is C30H43N4O5P. The number of anilines is 1. The number of aromatic nitrogens is 1. The number of hydrogen-bond donors (Lipinski definition) is 2. The van der Waals surface area contributed by atoms with E-state index in [-0.39, 0.29) is 19.4 Å². The number of carbonyl (C=O) groups is 3. The maximum Gasteiger partial charge on any atom is 0.344 e. The van der Waals surface area contributed by atoms with Crippen molar-refractivity contribution < 1.29 is 23.9 Å². The van der Waals surface area contributed by atoms with E-state index in [1.54, 1.807) is 25.8 Å². The summed E-state index contributed by atoms with van der Waals surface area (Å²) in [5.74, 6) is -1.39. The van der Waals surface area contributed by atoms with Crippen LogP contribution in [0.2, 0.25) is 0 Å². The van der Waals surface area contributed by atoms with Crippen molar-refractivity contribution in [3.8, 4) is 0 Å². The molecule has 2 aromatic rings. The highest BCUT2D eigenvalue weighted by molar-refractivity contribution is 7.16. The molecule has 2 aliphatic rings. The number of nitrogens with one attached hydrogen (secondary N) is 2. The predicted octanol–water partition coefficient (Wildman–Crippen LogP) is 4.76. The number of rotatable bonds is 9. The van der Waals surface area contributed by atoms with Gasteiger partial charge in [0.1, 0.15) is 6.29 Å². The van der Waals surface area contributed by atoms with Crippen LogP contribution in [0.1, 0.15) is 77.6 Å². The molecule has 0 saturated heterocycles. The van der Waals surface area contributed by atoms with E-state index in [0.717, 1.165) is 59.8 Å². The lowest BCUT2D eigenvalue weighted by Crippen LogP contribution is -2.62. The van der Waals surface area contributed by atoms with Gasteiger partial charge in [0.2, 0.25) is 5.54 Å². The van der Waals surface area contributed by atoms with E-state index in [2.05, 4.69) is 24.8 Å². The fourth-order valence-corrected chi connectivity index (χ4v) is 5.93. The number of aldehydes is 1. The van der Waals surface area contributed by atoms with Gasteiger partial charge >= 0.3 is 11.9 Å². The molecule has 4 rings (SSSR count). The first-order chi connectivity index (χ1) is 19.1. The van der Waals surface area contributed by atoms with Crippen molar-refractivity contribution in [2.45, 2.75) is 78.2 Å². The minimum atomic E-state index is -1.75. The Morgan fingerprint density at radius 3 is 2.35 bits per heavy atom. The van der Waals surface area contributed by atoms with Crippen LogP contribution in [0.5, 0.6) is 0 Å². The third-order valence-electron chi connectivity index (χ3n) is 7.54. The molecule has 2 heterocycles. The number of benzene rings is 1. The Hall–Kier alpha value is -3.19. The number of carbonyl (C=O) groups excluding carboxylic acids is 3. The number of aryl methyl sites for hydroxylation is 1. The van der Waals surface area contributed by atoms with Gasteiger partial charge in [-0.2, -0.15) is 5.10 Å². The lowest BCUT2D eigenvalue weighted by atomic mass is 9.82. The maximum absolute atomic E-state index is 13.4. The number of hydrogen-bond acceptors (Lipinski definition) is 8. The van der Waals surface area contributed by atoms with Crippen molar-refractivity contribution in [1.29, 1.82) is 0 Å². The maximum atomic E-state index is 13.4. The molecule has 0 radical (unpaired) electrons. The number of nitrogens with zero attached hydrogens (tertiary/aromatic N) is 2. The molecule has 1 aliphatic heterocycles. The lowest BCUT2D eigenvalue weighted by Gasteiger charge is -2.40. The summed E-state index contributed by atoms with van der Waals surface area (Å²) < 4.78 is 10.8. The van der Waals surface area contributed by atoms with Crippen molar-refractivity contribution >= 4 is 49.8 Å². The Morgan fingerprint density at radius 1 is 1.12 bits per heavy atom. The minimum absolute atomic E-state index is 0.0446. The third-order valence-corrected chi connectivity index (χ3v) is 8.13. The lowest BCUT2D eigenvalue weighted by molar-refractivity contribution is -0.162. The first kappa shape index (κ1) is 31.3.